The Kier molecular flexibility index (Phi) is 7.52. The first-order valence-corrected chi connectivity index (χ1v) is 13.0. The number of imide groups is 1. The molecule has 1 saturated heterocycles. The van der Waals surface area contributed by atoms with Crippen LogP contribution in [0.25, 0.3) is 6.08 Å². The van der Waals surface area contributed by atoms with Crippen molar-refractivity contribution in [3.63, 3.8) is 0 Å². The molecule has 2 heterocycles. The fourth-order valence-electron chi connectivity index (χ4n) is 3.73. The number of hydrogen-bond acceptors (Lipinski definition) is 9. The van der Waals surface area contributed by atoms with Crippen LogP contribution in [0.3, 0.4) is 0 Å². The lowest BCUT2D eigenvalue weighted by molar-refractivity contribution is -0.384. The highest BCUT2D eigenvalue weighted by molar-refractivity contribution is 9.10. The van der Waals surface area contributed by atoms with Gasteiger partial charge in [-0.05, 0) is 65.9 Å². The fourth-order valence-corrected chi connectivity index (χ4v) is 4.94. The molecule has 0 bridgehead atoms. The zero-order chi connectivity index (χ0) is 27.5. The van der Waals surface area contributed by atoms with E-state index in [9.17, 15) is 24.5 Å². The van der Waals surface area contributed by atoms with Gasteiger partial charge in [0.1, 0.15) is 18.9 Å². The molecule has 2 aliphatic rings. The van der Waals surface area contributed by atoms with Crippen LogP contribution in [0.15, 0.2) is 70.0 Å². The van der Waals surface area contributed by atoms with E-state index in [2.05, 4.69) is 21.2 Å². The normalized spacial score (nSPS) is 15.1. The van der Waals surface area contributed by atoms with Gasteiger partial charge in [-0.2, -0.15) is 0 Å². The number of nitrogens with zero attached hydrogens (tertiary/aromatic N) is 2. The molecule has 3 aromatic carbocycles. The number of carbonyl (C=O) groups is 3. The van der Waals surface area contributed by atoms with Crippen LogP contribution in [0, 0.1) is 10.1 Å². The van der Waals surface area contributed by atoms with Gasteiger partial charge in [-0.3, -0.25) is 29.4 Å². The molecule has 0 spiro atoms. The predicted molar refractivity (Wildman–Crippen MR) is 145 cm³/mol. The molecule has 0 unspecified atom stereocenters. The molecular weight excluding hydrogens is 594 g/mol. The molecule has 11 nitrogen and oxygen atoms in total. The van der Waals surface area contributed by atoms with Crippen molar-refractivity contribution in [1.82, 2.24) is 4.90 Å². The van der Waals surface area contributed by atoms with Crippen molar-refractivity contribution in [2.45, 2.75) is 6.61 Å². The van der Waals surface area contributed by atoms with Gasteiger partial charge in [-0.1, -0.05) is 15.9 Å². The molecule has 0 aliphatic carbocycles. The van der Waals surface area contributed by atoms with Crippen LogP contribution < -0.4 is 19.5 Å². The van der Waals surface area contributed by atoms with Gasteiger partial charge in [0, 0.05) is 33.9 Å². The SMILES string of the molecule is O=C(CN1C(=O)S/C(=C\c2cc(Br)ccc2OCc2ccc([N+](=O)[O-])cc2)C1=O)Nc1ccc2c(c1)OCO2. The molecule has 0 atom stereocenters. The number of thioether (sulfide) groups is 1. The van der Waals surface area contributed by atoms with E-state index >= 15 is 0 Å². The highest BCUT2D eigenvalue weighted by atomic mass is 79.9. The second-order valence-electron chi connectivity index (χ2n) is 8.28. The summed E-state index contributed by atoms with van der Waals surface area (Å²) in [6.07, 6.45) is 1.52. The first kappa shape index (κ1) is 26.3. The lowest BCUT2D eigenvalue weighted by atomic mass is 10.1. The molecule has 2 aliphatic heterocycles. The largest absolute Gasteiger partial charge is 0.488 e. The van der Waals surface area contributed by atoms with Crippen LogP contribution in [-0.4, -0.2) is 40.2 Å². The Balaban J connectivity index is 1.27. The third kappa shape index (κ3) is 6.04. The summed E-state index contributed by atoms with van der Waals surface area (Å²) in [6, 6.07) is 16.0. The first-order valence-electron chi connectivity index (χ1n) is 11.4. The molecule has 0 saturated carbocycles. The average molecular weight is 612 g/mol. The minimum absolute atomic E-state index is 0.0246. The van der Waals surface area contributed by atoms with E-state index < -0.39 is 28.5 Å². The average Bonchev–Trinajstić information content (AvgIpc) is 3.48. The molecule has 39 heavy (non-hydrogen) atoms. The number of amides is 3. The highest BCUT2D eigenvalue weighted by Gasteiger charge is 2.36. The van der Waals surface area contributed by atoms with Gasteiger partial charge in [0.15, 0.2) is 11.5 Å². The van der Waals surface area contributed by atoms with Gasteiger partial charge < -0.3 is 19.5 Å². The minimum Gasteiger partial charge on any atom is -0.488 e. The maximum absolute atomic E-state index is 13.0. The monoisotopic (exact) mass is 611 g/mol. The molecule has 3 aromatic rings. The van der Waals surface area contributed by atoms with Gasteiger partial charge in [0.25, 0.3) is 16.8 Å². The zero-order valence-corrected chi connectivity index (χ0v) is 22.3. The summed E-state index contributed by atoms with van der Waals surface area (Å²) in [5, 5.41) is 12.9. The number of carbonyl (C=O) groups excluding carboxylic acids is 3. The number of anilines is 1. The van der Waals surface area contributed by atoms with Gasteiger partial charge >= 0.3 is 0 Å². The molecule has 0 radical (unpaired) electrons. The van der Waals surface area contributed by atoms with Crippen LogP contribution in [0.5, 0.6) is 17.2 Å². The molecule has 5 rings (SSSR count). The second-order valence-corrected chi connectivity index (χ2v) is 10.2. The number of rotatable bonds is 8. The van der Waals surface area contributed by atoms with Crippen LogP contribution >= 0.6 is 27.7 Å². The number of fused-ring (bicyclic) bond motifs is 1. The summed E-state index contributed by atoms with van der Waals surface area (Å²) < 4.78 is 17.2. The Morgan fingerprint density at radius 1 is 1.10 bits per heavy atom. The number of halogens is 1. The summed E-state index contributed by atoms with van der Waals surface area (Å²) >= 11 is 4.12. The van der Waals surface area contributed by atoms with E-state index in [1.165, 1.54) is 18.2 Å². The quantitative estimate of drug-likeness (QED) is 0.203. The molecule has 0 aromatic heterocycles. The van der Waals surface area contributed by atoms with Crippen molar-refractivity contribution >= 4 is 62.2 Å². The number of benzene rings is 3. The number of nitro benzene ring substituents is 1. The Morgan fingerprint density at radius 3 is 2.64 bits per heavy atom. The number of ether oxygens (including phenoxy) is 3. The van der Waals surface area contributed by atoms with Gasteiger partial charge in [0.05, 0.1) is 9.83 Å². The molecule has 13 heteroatoms. The topological polar surface area (TPSA) is 137 Å². The summed E-state index contributed by atoms with van der Waals surface area (Å²) in [5.41, 5.74) is 1.66. The molecule has 1 N–H and O–H groups in total. The lowest BCUT2D eigenvalue weighted by Crippen LogP contribution is -2.36. The smallest absolute Gasteiger partial charge is 0.294 e. The number of nitro groups is 1. The van der Waals surface area contributed by atoms with E-state index in [1.807, 2.05) is 0 Å². The van der Waals surface area contributed by atoms with Crippen molar-refractivity contribution in [3.8, 4) is 17.2 Å². The van der Waals surface area contributed by atoms with Crippen LogP contribution in [0.4, 0.5) is 16.2 Å². The van der Waals surface area contributed by atoms with Crippen LogP contribution in [0.1, 0.15) is 11.1 Å². The van der Waals surface area contributed by atoms with Gasteiger partial charge in [0.2, 0.25) is 12.7 Å². The van der Waals surface area contributed by atoms with Crippen molar-refractivity contribution < 1.29 is 33.5 Å². The van der Waals surface area contributed by atoms with Gasteiger partial charge in [-0.25, -0.2) is 0 Å². The molecule has 1 fully saturated rings. The number of nitrogens with one attached hydrogen (secondary N) is 1. The van der Waals surface area contributed by atoms with Crippen LogP contribution in [0.2, 0.25) is 0 Å². The number of non-ortho nitro benzene ring substituents is 1. The first-order chi connectivity index (χ1) is 18.8. The van der Waals surface area contributed by atoms with E-state index in [4.69, 9.17) is 14.2 Å². The minimum atomic E-state index is -0.605. The molecule has 3 amide bonds. The summed E-state index contributed by atoms with van der Waals surface area (Å²) in [7, 11) is 0. The van der Waals surface area contributed by atoms with Crippen molar-refractivity contribution in [1.29, 1.82) is 0 Å². The maximum Gasteiger partial charge on any atom is 0.294 e. The van der Waals surface area contributed by atoms with Crippen molar-refractivity contribution in [3.05, 3.63) is 91.3 Å². The third-order valence-corrected chi connectivity index (χ3v) is 7.03. The van der Waals surface area contributed by atoms with Gasteiger partial charge in [-0.15, -0.1) is 0 Å². The van der Waals surface area contributed by atoms with Crippen molar-refractivity contribution in [2.75, 3.05) is 18.7 Å². The fraction of sp³-hybridized carbons (Fsp3) is 0.115. The van der Waals surface area contributed by atoms with E-state index in [1.54, 1.807) is 48.5 Å². The predicted octanol–water partition coefficient (Wildman–Crippen LogP) is 5.34. The molecular formula is C26H18BrN3O8S. The summed E-state index contributed by atoms with van der Waals surface area (Å²) in [5.74, 6) is 0.332. The lowest BCUT2D eigenvalue weighted by Gasteiger charge is -2.13. The second kappa shape index (κ2) is 11.2. The highest BCUT2D eigenvalue weighted by Crippen LogP contribution is 2.36. The number of hydrogen-bond donors (Lipinski definition) is 1. The Labute approximate surface area is 234 Å². The van der Waals surface area contributed by atoms with Crippen LogP contribution in [-0.2, 0) is 16.2 Å². The zero-order valence-electron chi connectivity index (χ0n) is 19.9. The Bertz CT molecular complexity index is 1530. The third-order valence-electron chi connectivity index (χ3n) is 5.63. The van der Waals surface area contributed by atoms with E-state index in [0.717, 1.165) is 21.1 Å². The van der Waals surface area contributed by atoms with E-state index in [0.29, 0.717) is 34.1 Å². The van der Waals surface area contributed by atoms with E-state index in [-0.39, 0.29) is 24.0 Å². The maximum atomic E-state index is 13.0. The standard InChI is InChI=1S/C26H18BrN3O8S/c27-17-3-7-20(36-13-15-1-5-19(6-2-15)30(34)35)16(9-17)10-23-25(32)29(26(33)39-23)12-24(31)28-18-4-8-21-22(11-18)38-14-37-21/h1-11H,12-14H2,(H,28,31)/b23-10-. The summed E-state index contributed by atoms with van der Waals surface area (Å²) in [4.78, 5) is 49.6. The summed E-state index contributed by atoms with van der Waals surface area (Å²) in [6.45, 7) is -0.238. The Hall–Kier alpha value is -4.36. The Morgan fingerprint density at radius 2 is 1.87 bits per heavy atom. The van der Waals surface area contributed by atoms with Crippen molar-refractivity contribution in [2.24, 2.45) is 0 Å². The molecule has 198 valence electrons.